The largest absolute Gasteiger partial charge is 0.508 e. The van der Waals surface area contributed by atoms with Crippen molar-refractivity contribution < 1.29 is 89.1 Å². The van der Waals surface area contributed by atoms with Crippen LogP contribution in [0.3, 0.4) is 0 Å². The van der Waals surface area contributed by atoms with Crippen LogP contribution in [0.5, 0.6) is 34.5 Å². The van der Waals surface area contributed by atoms with E-state index in [-0.39, 0.29) is 39.5 Å². The zero-order chi connectivity index (χ0) is 38.8. The number of fused-ring (bicyclic) bond motifs is 1. The molecule has 4 aromatic rings. The van der Waals surface area contributed by atoms with Crippen LogP contribution in [0.1, 0.15) is 5.56 Å². The van der Waals surface area contributed by atoms with E-state index < -0.39 is 97.8 Å². The minimum Gasteiger partial charge on any atom is -0.508 e. The molecule has 0 aliphatic carbocycles. The molecule has 18 heteroatoms. The Bertz CT molecular complexity index is 1980. The summed E-state index contributed by atoms with van der Waals surface area (Å²) in [6, 6.07) is 12.8. The van der Waals surface area contributed by atoms with Gasteiger partial charge in [-0.25, -0.2) is 9.21 Å². The maximum absolute atomic E-state index is 12.9. The molecule has 1 aromatic heterocycles. The number of esters is 1. The van der Waals surface area contributed by atoms with E-state index in [0.29, 0.717) is 5.56 Å². The molecule has 0 saturated carbocycles. The van der Waals surface area contributed by atoms with E-state index in [1.54, 1.807) is 0 Å². The van der Waals surface area contributed by atoms with E-state index >= 15 is 0 Å². The lowest BCUT2D eigenvalue weighted by molar-refractivity contribution is -0.358. The number of hydrogen-bond acceptors (Lipinski definition) is 17. The number of hydrogen-bond donors (Lipinski definition) is 11. The molecule has 54 heavy (non-hydrogen) atoms. The highest BCUT2D eigenvalue weighted by Crippen LogP contribution is 2.41. The van der Waals surface area contributed by atoms with Crippen molar-refractivity contribution in [3.05, 3.63) is 72.3 Å². The van der Waals surface area contributed by atoms with Crippen LogP contribution in [-0.4, -0.2) is 137 Å². The first-order valence-corrected chi connectivity index (χ1v) is 16.4. The summed E-state index contributed by atoms with van der Waals surface area (Å²) >= 11 is 0. The van der Waals surface area contributed by atoms with Gasteiger partial charge in [0.05, 0.1) is 24.8 Å². The van der Waals surface area contributed by atoms with Crippen molar-refractivity contribution in [2.45, 2.75) is 61.4 Å². The van der Waals surface area contributed by atoms with Gasteiger partial charge in [0, 0.05) is 18.2 Å². The van der Waals surface area contributed by atoms with Crippen LogP contribution in [0.2, 0.25) is 0 Å². The molecule has 18 nitrogen and oxygen atoms in total. The molecular weight excluding hydrogens is 720 g/mol. The zero-order valence-corrected chi connectivity index (χ0v) is 27.9. The molecule has 10 unspecified atom stereocenters. The number of aliphatic hydroxyl groups excluding tert-OH is 6. The van der Waals surface area contributed by atoms with E-state index in [1.807, 2.05) is 0 Å². The molecule has 11 N–H and O–H groups in total. The lowest BCUT2D eigenvalue weighted by Crippen LogP contribution is -2.65. The van der Waals surface area contributed by atoms with Crippen molar-refractivity contribution in [2.75, 3.05) is 13.2 Å². The summed E-state index contributed by atoms with van der Waals surface area (Å²) < 4.78 is 35.0. The summed E-state index contributed by atoms with van der Waals surface area (Å²) in [6.45, 7) is -1.67. The molecule has 3 aromatic carbocycles. The zero-order valence-electron chi connectivity index (χ0n) is 27.9. The molecule has 288 valence electrons. The van der Waals surface area contributed by atoms with Gasteiger partial charge in [-0.2, -0.15) is 0 Å². The lowest BCUT2D eigenvalue weighted by atomic mass is 9.97. The molecule has 2 aliphatic rings. The second-order valence-corrected chi connectivity index (χ2v) is 12.5. The fraction of sp³-hybridized carbons (Fsp3) is 0.333. The highest BCUT2D eigenvalue weighted by molar-refractivity contribution is 5.89. The minimum absolute atomic E-state index is 0.00287. The molecule has 2 fully saturated rings. The molecule has 2 saturated heterocycles. The van der Waals surface area contributed by atoms with E-state index in [9.17, 15) is 61.0 Å². The Hall–Kier alpha value is -5.28. The van der Waals surface area contributed by atoms with E-state index in [0.717, 1.165) is 18.2 Å². The number of ether oxygens (including phenoxy) is 5. The van der Waals surface area contributed by atoms with Crippen molar-refractivity contribution in [2.24, 2.45) is 0 Å². The molecule has 3 heterocycles. The first kappa shape index (κ1) is 38.4. The van der Waals surface area contributed by atoms with Gasteiger partial charge >= 0.3 is 17.3 Å². The van der Waals surface area contributed by atoms with Crippen molar-refractivity contribution in [1.29, 1.82) is 0 Å². The standard InChI is InChI=1S/C36H36O18/c37-13-25-29(46)31(48)34(35(51-25)50-24-12-19-21(42)10-18(40)11-23(19)49-32(24)16-3-5-17(39)6-4-16)54-36-33(30(47)28(45)26(14-38)52-36)53-27(44)8-2-15-1-7-20(41)22(43)9-15/h1-12,25-26,28-31,33-38,45-48H,13-14H2,(H4-,39,40,41,42,43,44)/p+1. The third-order valence-corrected chi connectivity index (χ3v) is 8.79. The van der Waals surface area contributed by atoms with Crippen LogP contribution >= 0.6 is 0 Å². The maximum Gasteiger partial charge on any atom is 0.402 e. The fourth-order valence-electron chi connectivity index (χ4n) is 5.93. The van der Waals surface area contributed by atoms with Crippen LogP contribution in [0.25, 0.3) is 28.4 Å². The van der Waals surface area contributed by atoms with Crippen LogP contribution in [0.4, 0.5) is 0 Å². The van der Waals surface area contributed by atoms with Gasteiger partial charge in [-0.15, -0.1) is 0 Å². The van der Waals surface area contributed by atoms with Crippen molar-refractivity contribution in [3.8, 4) is 45.8 Å². The highest BCUT2D eigenvalue weighted by Gasteiger charge is 2.53. The predicted molar refractivity (Wildman–Crippen MR) is 181 cm³/mol. The van der Waals surface area contributed by atoms with Gasteiger partial charge in [0.1, 0.15) is 59.3 Å². The van der Waals surface area contributed by atoms with Crippen LogP contribution in [-0.2, 0) is 23.7 Å². The van der Waals surface area contributed by atoms with Crippen LogP contribution in [0, 0.1) is 0 Å². The summed E-state index contributed by atoms with van der Waals surface area (Å²) in [4.78, 5) is 12.9. The summed E-state index contributed by atoms with van der Waals surface area (Å²) in [7, 11) is 0. The Morgan fingerprint density at radius 1 is 0.704 bits per heavy atom. The Balaban J connectivity index is 1.35. The average molecular weight is 758 g/mol. The Morgan fingerprint density at radius 3 is 2.00 bits per heavy atom. The summed E-state index contributed by atoms with van der Waals surface area (Å²) in [5, 5.41) is 113. The van der Waals surface area contributed by atoms with E-state index in [2.05, 4.69) is 0 Å². The molecule has 0 spiro atoms. The van der Waals surface area contributed by atoms with Crippen molar-refractivity contribution in [1.82, 2.24) is 0 Å². The highest BCUT2D eigenvalue weighted by atomic mass is 16.8. The van der Waals surface area contributed by atoms with Gasteiger partial charge < -0.3 is 79.9 Å². The topological polar surface area (TPSA) is 297 Å². The fourth-order valence-corrected chi connectivity index (χ4v) is 5.93. The van der Waals surface area contributed by atoms with Crippen LogP contribution in [0.15, 0.2) is 71.2 Å². The smallest absolute Gasteiger partial charge is 0.402 e. The quantitative estimate of drug-likeness (QED) is 0.0445. The predicted octanol–water partition coefficient (Wildman–Crippen LogP) is 0.176. The summed E-state index contributed by atoms with van der Waals surface area (Å²) in [6.07, 6.45) is -15.8. The van der Waals surface area contributed by atoms with Gasteiger partial charge in [-0.3, -0.25) is 0 Å². The second kappa shape index (κ2) is 16.0. The number of aliphatic hydroxyl groups is 6. The lowest BCUT2D eigenvalue weighted by Gasteiger charge is -2.46. The molecule has 6 rings (SSSR count). The first-order chi connectivity index (χ1) is 25.8. The third-order valence-electron chi connectivity index (χ3n) is 8.79. The number of phenols is 5. The summed E-state index contributed by atoms with van der Waals surface area (Å²) in [5.74, 6) is -3.05. The number of benzene rings is 3. The van der Waals surface area contributed by atoms with Gasteiger partial charge in [0.25, 0.3) is 0 Å². The van der Waals surface area contributed by atoms with E-state index in [4.69, 9.17) is 28.1 Å². The molecule has 0 bridgehead atoms. The van der Waals surface area contributed by atoms with Gasteiger partial charge in [0.2, 0.25) is 12.0 Å². The number of rotatable bonds is 10. The first-order valence-electron chi connectivity index (χ1n) is 16.4. The molecule has 2 aliphatic heterocycles. The van der Waals surface area contributed by atoms with Gasteiger partial charge in [-0.1, -0.05) is 6.07 Å². The number of carbonyl (C=O) groups excluding carboxylic acids is 1. The molecule has 0 radical (unpaired) electrons. The monoisotopic (exact) mass is 757 g/mol. The van der Waals surface area contributed by atoms with Gasteiger partial charge in [0.15, 0.2) is 30.0 Å². The minimum atomic E-state index is -1.95. The normalized spacial score (nSPS) is 28.6. The Morgan fingerprint density at radius 2 is 1.35 bits per heavy atom. The average Bonchev–Trinajstić information content (AvgIpc) is 3.14. The van der Waals surface area contributed by atoms with Gasteiger partial charge in [-0.05, 0) is 48.0 Å². The second-order valence-electron chi connectivity index (χ2n) is 12.5. The SMILES string of the molecule is O=C(C=Cc1ccc(O)c(O)c1)OC1C(OC2C(Oc3cc4c(O)cc(O)cc4[o+]c3-c3ccc(O)cc3)OC(CO)C(O)C2O)OC(CO)C(O)C1O. The Kier molecular flexibility index (Phi) is 11.4. The number of phenolic OH excluding ortho intramolecular Hbond substituents is 5. The number of aromatic hydroxyl groups is 5. The molecule has 10 atom stereocenters. The molecule has 0 amide bonds. The third kappa shape index (κ3) is 7.97. The Labute approximate surface area is 304 Å². The number of carbonyl (C=O) groups is 1. The molecular formula is C36H37O18+. The summed E-state index contributed by atoms with van der Waals surface area (Å²) in [5.41, 5.74) is 0.576. The van der Waals surface area contributed by atoms with Crippen LogP contribution < -0.4 is 4.74 Å². The maximum atomic E-state index is 12.9. The van der Waals surface area contributed by atoms with Crippen molar-refractivity contribution >= 4 is 23.0 Å². The van der Waals surface area contributed by atoms with E-state index in [1.165, 1.54) is 54.6 Å². The van der Waals surface area contributed by atoms with Crippen molar-refractivity contribution in [3.63, 3.8) is 0 Å².